The maximum absolute atomic E-state index is 5.24. The molecule has 0 spiro atoms. The monoisotopic (exact) mass is 154 g/mol. The summed E-state index contributed by atoms with van der Waals surface area (Å²) in [4.78, 5) is 1.28. The van der Waals surface area contributed by atoms with E-state index in [1.165, 1.54) is 30.5 Å². The molecule has 0 aliphatic heterocycles. The number of hydrogen-bond acceptors (Lipinski definition) is 1. The van der Waals surface area contributed by atoms with Gasteiger partial charge in [0.05, 0.1) is 0 Å². The van der Waals surface area contributed by atoms with Crippen molar-refractivity contribution in [2.24, 2.45) is 5.92 Å². The highest BCUT2D eigenvalue weighted by Crippen LogP contribution is 2.24. The smallest absolute Gasteiger partial charge is 0.00375 e. The molecule has 0 bridgehead atoms. The van der Waals surface area contributed by atoms with Crippen LogP contribution in [0, 0.1) is 5.92 Å². The van der Waals surface area contributed by atoms with Crippen LogP contribution in [0.4, 0.5) is 0 Å². The van der Waals surface area contributed by atoms with Crippen molar-refractivity contribution in [2.45, 2.75) is 32.1 Å². The molecule has 0 aromatic heterocycles. The van der Waals surface area contributed by atoms with Crippen molar-refractivity contribution < 1.29 is 0 Å². The Balaban J connectivity index is 2.39. The van der Waals surface area contributed by atoms with Gasteiger partial charge in [-0.1, -0.05) is 24.7 Å². The van der Waals surface area contributed by atoms with Gasteiger partial charge < -0.3 is 0 Å². The Morgan fingerprint density at radius 3 is 3.00 bits per heavy atom. The molecule has 1 unspecified atom stereocenters. The van der Waals surface area contributed by atoms with E-state index in [2.05, 4.69) is 6.58 Å². The molecule has 0 aromatic carbocycles. The molecule has 0 amide bonds. The van der Waals surface area contributed by atoms with Crippen LogP contribution in [-0.2, 0) is 0 Å². The molecule has 1 rings (SSSR count). The van der Waals surface area contributed by atoms with Crippen molar-refractivity contribution in [1.29, 1.82) is 0 Å². The molecule has 10 heavy (non-hydrogen) atoms. The van der Waals surface area contributed by atoms with Crippen LogP contribution in [0.5, 0.6) is 0 Å². The van der Waals surface area contributed by atoms with Crippen molar-refractivity contribution in [1.82, 2.24) is 0 Å². The summed E-state index contributed by atoms with van der Waals surface area (Å²) in [7, 11) is 0. The second kappa shape index (κ2) is 3.87. The van der Waals surface area contributed by atoms with Crippen LogP contribution in [0.15, 0.2) is 12.7 Å². The van der Waals surface area contributed by atoms with Gasteiger partial charge in [0.25, 0.3) is 0 Å². The molecule has 0 radical (unpaired) electrons. The minimum Gasteiger partial charge on any atom is -0.103 e. The topological polar surface area (TPSA) is 0 Å². The zero-order valence-corrected chi connectivity index (χ0v) is 7.12. The maximum Gasteiger partial charge on any atom is -0.00375 e. The molecule has 0 aromatic rings. The van der Waals surface area contributed by atoms with Gasteiger partial charge in [0.2, 0.25) is 0 Å². The highest BCUT2D eigenvalue weighted by Gasteiger charge is 2.16. The van der Waals surface area contributed by atoms with Gasteiger partial charge in [0, 0.05) is 0 Å². The Morgan fingerprint density at radius 2 is 2.40 bits per heavy atom. The van der Waals surface area contributed by atoms with Crippen molar-refractivity contribution >= 4 is 17.1 Å². The lowest BCUT2D eigenvalue weighted by atomic mass is 9.87. The molecule has 0 nitrogen and oxygen atoms in total. The Bertz CT molecular complexity index is 138. The summed E-state index contributed by atoms with van der Waals surface area (Å²) in [6.45, 7) is 3.73. The van der Waals surface area contributed by atoms with E-state index in [1.54, 1.807) is 0 Å². The van der Waals surface area contributed by atoms with E-state index >= 15 is 0 Å². The van der Waals surface area contributed by atoms with E-state index in [4.69, 9.17) is 12.2 Å². The van der Waals surface area contributed by atoms with Crippen LogP contribution < -0.4 is 0 Å². The molecule has 1 aliphatic rings. The van der Waals surface area contributed by atoms with Gasteiger partial charge in [-0.15, -0.1) is 6.58 Å². The van der Waals surface area contributed by atoms with Crippen LogP contribution in [0.3, 0.4) is 0 Å². The van der Waals surface area contributed by atoms with Gasteiger partial charge in [-0.2, -0.15) is 0 Å². The first-order chi connectivity index (χ1) is 4.84. The third-order valence-electron chi connectivity index (χ3n) is 2.13. The van der Waals surface area contributed by atoms with E-state index < -0.39 is 0 Å². The molecule has 0 saturated heterocycles. The van der Waals surface area contributed by atoms with Gasteiger partial charge in [0.15, 0.2) is 0 Å². The van der Waals surface area contributed by atoms with Gasteiger partial charge >= 0.3 is 0 Å². The largest absolute Gasteiger partial charge is 0.103 e. The first-order valence-electron chi connectivity index (χ1n) is 3.98. The average Bonchev–Trinajstić information content (AvgIpc) is 1.94. The first kappa shape index (κ1) is 7.93. The third-order valence-corrected chi connectivity index (χ3v) is 2.67. The maximum atomic E-state index is 5.24. The molecular formula is C9H14S. The molecule has 0 heterocycles. The van der Waals surface area contributed by atoms with E-state index in [0.717, 1.165) is 6.42 Å². The third kappa shape index (κ3) is 1.91. The molecule has 1 saturated carbocycles. The highest BCUT2D eigenvalue weighted by atomic mass is 32.1. The van der Waals surface area contributed by atoms with Crippen LogP contribution in [0.1, 0.15) is 32.1 Å². The normalized spacial score (nSPS) is 26.4. The minimum absolute atomic E-state index is 0.682. The fraction of sp³-hybridized carbons (Fsp3) is 0.667. The number of allylic oxidation sites excluding steroid dienone is 1. The predicted octanol–water partition coefficient (Wildman–Crippen LogP) is 3.12. The lowest BCUT2D eigenvalue weighted by Crippen LogP contribution is -2.16. The van der Waals surface area contributed by atoms with Gasteiger partial charge in [-0.05, 0) is 36.5 Å². The van der Waals surface area contributed by atoms with E-state index in [1.807, 2.05) is 6.08 Å². The quantitative estimate of drug-likeness (QED) is 0.435. The Labute approximate surface area is 68.3 Å². The Morgan fingerprint density at radius 1 is 1.60 bits per heavy atom. The second-order valence-corrected chi connectivity index (χ2v) is 3.46. The Hall–Kier alpha value is -0.170. The van der Waals surface area contributed by atoms with E-state index in [9.17, 15) is 0 Å². The van der Waals surface area contributed by atoms with Crippen LogP contribution >= 0.6 is 12.2 Å². The van der Waals surface area contributed by atoms with Crippen LogP contribution in [0.2, 0.25) is 0 Å². The second-order valence-electron chi connectivity index (χ2n) is 2.93. The summed E-state index contributed by atoms with van der Waals surface area (Å²) >= 11 is 5.24. The highest BCUT2D eigenvalue weighted by molar-refractivity contribution is 7.80. The minimum atomic E-state index is 0.682. The number of rotatable bonds is 2. The summed E-state index contributed by atoms with van der Waals surface area (Å²) in [5, 5.41) is 0. The zero-order chi connectivity index (χ0) is 7.40. The van der Waals surface area contributed by atoms with Gasteiger partial charge in [-0.3, -0.25) is 0 Å². The molecular weight excluding hydrogens is 140 g/mol. The molecule has 1 atom stereocenters. The van der Waals surface area contributed by atoms with E-state index in [0.29, 0.717) is 5.92 Å². The zero-order valence-electron chi connectivity index (χ0n) is 6.31. The fourth-order valence-corrected chi connectivity index (χ4v) is 1.86. The fourth-order valence-electron chi connectivity index (χ4n) is 1.51. The molecule has 1 aliphatic carbocycles. The van der Waals surface area contributed by atoms with Crippen molar-refractivity contribution in [3.05, 3.63) is 12.7 Å². The number of hydrogen-bond donors (Lipinski definition) is 0. The Kier molecular flexibility index (Phi) is 3.07. The van der Waals surface area contributed by atoms with Crippen LogP contribution in [-0.4, -0.2) is 4.86 Å². The SMILES string of the molecule is C=CCC1CCCCC1=S. The average molecular weight is 154 g/mol. The predicted molar refractivity (Wildman–Crippen MR) is 49.4 cm³/mol. The molecule has 56 valence electrons. The van der Waals surface area contributed by atoms with Crippen molar-refractivity contribution in [3.63, 3.8) is 0 Å². The van der Waals surface area contributed by atoms with Crippen LogP contribution in [0.25, 0.3) is 0 Å². The van der Waals surface area contributed by atoms with Gasteiger partial charge in [0.1, 0.15) is 0 Å². The number of thiocarbonyl (C=S) groups is 1. The summed E-state index contributed by atoms with van der Waals surface area (Å²) in [5.74, 6) is 0.682. The summed E-state index contributed by atoms with van der Waals surface area (Å²) in [6, 6.07) is 0. The lowest BCUT2D eigenvalue weighted by Gasteiger charge is -2.21. The molecule has 1 fully saturated rings. The summed E-state index contributed by atoms with van der Waals surface area (Å²) < 4.78 is 0. The lowest BCUT2D eigenvalue weighted by molar-refractivity contribution is 0.539. The summed E-state index contributed by atoms with van der Waals surface area (Å²) in [5.41, 5.74) is 0. The first-order valence-corrected chi connectivity index (χ1v) is 4.39. The standard InChI is InChI=1S/C9H14S/c1-2-5-8-6-3-4-7-9(8)10/h2,8H,1,3-7H2. The van der Waals surface area contributed by atoms with Gasteiger partial charge in [-0.25, -0.2) is 0 Å². The van der Waals surface area contributed by atoms with Crippen molar-refractivity contribution in [2.75, 3.05) is 0 Å². The molecule has 0 N–H and O–H groups in total. The van der Waals surface area contributed by atoms with Crippen molar-refractivity contribution in [3.8, 4) is 0 Å². The molecule has 1 heteroatoms. The summed E-state index contributed by atoms with van der Waals surface area (Å²) in [6.07, 6.45) is 8.23. The van der Waals surface area contributed by atoms with E-state index in [-0.39, 0.29) is 0 Å².